The molecule has 0 bridgehead atoms. The van der Waals surface area contributed by atoms with Crippen molar-refractivity contribution >= 4 is 17.8 Å². The molecule has 1 amide bonds. The number of carbonyl (C=O) groups excluding carboxylic acids is 2. The van der Waals surface area contributed by atoms with Crippen LogP contribution in [0, 0.1) is 0 Å². The molecule has 55 heavy (non-hydrogen) atoms. The molecule has 0 aromatic carbocycles. The summed E-state index contributed by atoms with van der Waals surface area (Å²) in [6, 6.07) is -0.855. The first-order valence-electron chi connectivity index (χ1n) is 23.7. The number of hydrogen-bond acceptors (Lipinski definition) is 5. The normalized spacial score (nSPS) is 12.8. The molecule has 0 saturated carbocycles. The number of carboxylic acids is 1. The van der Waals surface area contributed by atoms with E-state index in [0.29, 0.717) is 32.2 Å². The largest absolute Gasteiger partial charge is 0.480 e. The van der Waals surface area contributed by atoms with Crippen LogP contribution < -0.4 is 11.1 Å². The van der Waals surface area contributed by atoms with Gasteiger partial charge < -0.3 is 20.9 Å². The molecule has 0 heterocycles. The number of nitrogens with one attached hydrogen (secondary N) is 1. The van der Waals surface area contributed by atoms with Crippen molar-refractivity contribution < 1.29 is 24.2 Å². The lowest BCUT2D eigenvalue weighted by Gasteiger charge is -2.18. The number of aliphatic carboxylic acids is 1. The molecule has 322 valence electrons. The molecule has 0 aromatic rings. The summed E-state index contributed by atoms with van der Waals surface area (Å²) in [5, 5.41) is 12.0. The highest BCUT2D eigenvalue weighted by Gasteiger charge is 2.19. The van der Waals surface area contributed by atoms with Gasteiger partial charge in [-0.15, -0.1) is 0 Å². The molecule has 4 N–H and O–H groups in total. The van der Waals surface area contributed by atoms with E-state index in [1.54, 1.807) is 0 Å². The lowest BCUT2D eigenvalue weighted by atomic mass is 10.0. The van der Waals surface area contributed by atoms with Gasteiger partial charge in [0.25, 0.3) is 0 Å². The van der Waals surface area contributed by atoms with Gasteiger partial charge >= 0.3 is 11.9 Å². The fourth-order valence-electron chi connectivity index (χ4n) is 7.19. The summed E-state index contributed by atoms with van der Waals surface area (Å²) >= 11 is 0. The topological polar surface area (TPSA) is 119 Å². The molecule has 0 aliphatic heterocycles. The average Bonchev–Trinajstić information content (AvgIpc) is 3.17. The number of unbranched alkanes of at least 4 members (excludes halogenated alkanes) is 25. The van der Waals surface area contributed by atoms with E-state index >= 15 is 0 Å². The van der Waals surface area contributed by atoms with Crippen LogP contribution in [0.5, 0.6) is 0 Å². The van der Waals surface area contributed by atoms with E-state index < -0.39 is 12.0 Å². The third-order valence-corrected chi connectivity index (χ3v) is 10.8. The molecule has 0 rings (SSSR count). The maximum atomic E-state index is 12.8. The minimum Gasteiger partial charge on any atom is -0.480 e. The van der Waals surface area contributed by atoms with E-state index in [1.165, 1.54) is 135 Å². The number of hydrogen-bond donors (Lipinski definition) is 3. The summed E-state index contributed by atoms with van der Waals surface area (Å²) in [4.78, 5) is 36.4. The summed E-state index contributed by atoms with van der Waals surface area (Å²) < 4.78 is 6.06. The van der Waals surface area contributed by atoms with Crippen molar-refractivity contribution in [1.82, 2.24) is 5.32 Å². The minimum absolute atomic E-state index is 0.0127. The molecule has 2 atom stereocenters. The van der Waals surface area contributed by atoms with E-state index in [4.69, 9.17) is 10.5 Å². The van der Waals surface area contributed by atoms with Gasteiger partial charge in [0.1, 0.15) is 12.1 Å². The van der Waals surface area contributed by atoms with Crippen LogP contribution in [0.2, 0.25) is 0 Å². The van der Waals surface area contributed by atoms with Crippen molar-refractivity contribution in [3.05, 3.63) is 24.3 Å². The van der Waals surface area contributed by atoms with Crippen molar-refractivity contribution in [2.24, 2.45) is 5.73 Å². The van der Waals surface area contributed by atoms with E-state index in [-0.39, 0.29) is 18.0 Å². The van der Waals surface area contributed by atoms with Crippen LogP contribution in [0.15, 0.2) is 24.3 Å². The van der Waals surface area contributed by atoms with Crippen molar-refractivity contribution in [2.75, 3.05) is 6.54 Å². The second-order valence-electron chi connectivity index (χ2n) is 16.2. The third kappa shape index (κ3) is 39.9. The summed E-state index contributed by atoms with van der Waals surface area (Å²) in [5.41, 5.74) is 5.49. The Balaban J connectivity index is 4.28. The minimum atomic E-state index is -1.00. The predicted molar refractivity (Wildman–Crippen MR) is 234 cm³/mol. The molecule has 0 saturated heterocycles. The Morgan fingerprint density at radius 3 is 1.44 bits per heavy atom. The van der Waals surface area contributed by atoms with Crippen LogP contribution in [0.3, 0.4) is 0 Å². The average molecular weight is 775 g/mol. The van der Waals surface area contributed by atoms with Crippen molar-refractivity contribution in [1.29, 1.82) is 0 Å². The number of allylic oxidation sites excluding steroid dienone is 4. The summed E-state index contributed by atoms with van der Waals surface area (Å²) in [6.07, 6.45) is 49.4. The van der Waals surface area contributed by atoms with Crippen molar-refractivity contribution in [3.63, 3.8) is 0 Å². The number of carboxylic acid groups (broad SMARTS) is 1. The molecule has 0 fully saturated rings. The first-order valence-corrected chi connectivity index (χ1v) is 23.7. The molecule has 7 nitrogen and oxygen atoms in total. The van der Waals surface area contributed by atoms with Crippen molar-refractivity contribution in [3.8, 4) is 0 Å². The molecule has 0 aromatic heterocycles. The number of carbonyl (C=O) groups is 3. The zero-order valence-corrected chi connectivity index (χ0v) is 36.3. The number of amides is 1. The van der Waals surface area contributed by atoms with Gasteiger partial charge in [-0.2, -0.15) is 0 Å². The molecule has 7 heteroatoms. The number of ether oxygens (including phenoxy) is 1. The highest BCUT2D eigenvalue weighted by atomic mass is 16.5. The summed E-state index contributed by atoms with van der Waals surface area (Å²) in [6.45, 7) is 4.94. The van der Waals surface area contributed by atoms with Crippen molar-refractivity contribution in [2.45, 2.75) is 257 Å². The zero-order valence-electron chi connectivity index (χ0n) is 36.3. The molecule has 0 spiro atoms. The van der Waals surface area contributed by atoms with E-state index in [0.717, 1.165) is 70.6 Å². The van der Waals surface area contributed by atoms with Crippen LogP contribution in [0.1, 0.15) is 245 Å². The van der Waals surface area contributed by atoms with Gasteiger partial charge in [0, 0.05) is 12.8 Å². The van der Waals surface area contributed by atoms with E-state index in [2.05, 4.69) is 43.5 Å². The van der Waals surface area contributed by atoms with Crippen LogP contribution in [-0.2, 0) is 19.1 Å². The zero-order chi connectivity index (χ0) is 40.3. The first kappa shape index (κ1) is 52.9. The van der Waals surface area contributed by atoms with Gasteiger partial charge in [-0.3, -0.25) is 9.59 Å². The maximum Gasteiger partial charge on any atom is 0.326 e. The molecule has 2 unspecified atom stereocenters. The smallest absolute Gasteiger partial charge is 0.326 e. The quantitative estimate of drug-likeness (QED) is 0.0322. The van der Waals surface area contributed by atoms with Gasteiger partial charge in [-0.25, -0.2) is 4.79 Å². The Labute approximate surface area is 340 Å². The Morgan fingerprint density at radius 2 is 0.945 bits per heavy atom. The van der Waals surface area contributed by atoms with Crippen LogP contribution in [0.4, 0.5) is 0 Å². The monoisotopic (exact) mass is 775 g/mol. The highest BCUT2D eigenvalue weighted by Crippen LogP contribution is 2.19. The Morgan fingerprint density at radius 1 is 0.527 bits per heavy atom. The lowest BCUT2D eigenvalue weighted by molar-refractivity contribution is -0.150. The standard InChI is InChI=1S/C48H90N2O5/c1-3-5-7-9-11-13-15-17-18-19-20-21-23-25-27-32-36-42-47(52)55-44(38-33-29-26-24-22-16-14-12-10-8-6-4-2)39-34-30-28-31-35-41-46(51)50-45(48(53)54)40-37-43-49/h11,13,17-18,44-45H,3-10,12,14-16,19-43,49H2,1-2H3,(H,50,51)(H,53,54)/b13-11-,18-17-. The second kappa shape index (κ2) is 43.0. The van der Waals surface area contributed by atoms with Gasteiger partial charge in [-0.1, -0.05) is 173 Å². The SMILES string of the molecule is CCCCC/C=C\C/C=C\CCCCCCCCCC(=O)OC(CCCCCCCCCCCCCC)CCCCCCCC(=O)NC(CCCN)C(=O)O. The molecular weight excluding hydrogens is 685 g/mol. The Kier molecular flexibility index (Phi) is 41.3. The fourth-order valence-corrected chi connectivity index (χ4v) is 7.19. The molecule has 0 aliphatic rings. The summed E-state index contributed by atoms with van der Waals surface area (Å²) in [5.74, 6) is -1.23. The Hall–Kier alpha value is -2.15. The van der Waals surface area contributed by atoms with Gasteiger partial charge in [-0.05, 0) is 90.0 Å². The molecule has 0 aliphatic carbocycles. The van der Waals surface area contributed by atoms with Crippen LogP contribution in [-0.4, -0.2) is 41.6 Å². The fraction of sp³-hybridized carbons (Fsp3) is 0.854. The third-order valence-electron chi connectivity index (χ3n) is 10.8. The molecule has 0 radical (unpaired) electrons. The van der Waals surface area contributed by atoms with Gasteiger partial charge in [0.2, 0.25) is 5.91 Å². The van der Waals surface area contributed by atoms with Gasteiger partial charge in [0.05, 0.1) is 0 Å². The number of nitrogens with two attached hydrogens (primary N) is 1. The van der Waals surface area contributed by atoms with Crippen LogP contribution >= 0.6 is 0 Å². The second-order valence-corrected chi connectivity index (χ2v) is 16.2. The summed E-state index contributed by atoms with van der Waals surface area (Å²) in [7, 11) is 0. The van der Waals surface area contributed by atoms with Gasteiger partial charge in [0.15, 0.2) is 0 Å². The van der Waals surface area contributed by atoms with E-state index in [9.17, 15) is 19.5 Å². The highest BCUT2D eigenvalue weighted by molar-refractivity contribution is 5.83. The number of rotatable bonds is 43. The number of esters is 1. The molecular formula is C48H90N2O5. The van der Waals surface area contributed by atoms with Crippen LogP contribution in [0.25, 0.3) is 0 Å². The first-order chi connectivity index (χ1) is 26.9. The lowest BCUT2D eigenvalue weighted by Crippen LogP contribution is -2.40. The van der Waals surface area contributed by atoms with E-state index in [1.807, 2.05) is 0 Å². The maximum absolute atomic E-state index is 12.8. The predicted octanol–water partition coefficient (Wildman–Crippen LogP) is 13.6. The Bertz CT molecular complexity index is 920.